The van der Waals surface area contributed by atoms with E-state index in [4.69, 9.17) is 4.52 Å². The molecule has 1 amide bonds. The van der Waals surface area contributed by atoms with Gasteiger partial charge in [0, 0.05) is 31.8 Å². The van der Waals surface area contributed by atoms with Crippen molar-refractivity contribution in [2.45, 2.75) is 38.6 Å². The lowest BCUT2D eigenvalue weighted by Gasteiger charge is -2.22. The highest BCUT2D eigenvalue weighted by Crippen LogP contribution is 2.34. The molecule has 3 aromatic heterocycles. The van der Waals surface area contributed by atoms with Gasteiger partial charge in [0.25, 0.3) is 5.91 Å². The minimum Gasteiger partial charge on any atom is -0.361 e. The van der Waals surface area contributed by atoms with Gasteiger partial charge in [-0.25, -0.2) is 0 Å². The van der Waals surface area contributed by atoms with E-state index in [9.17, 15) is 4.79 Å². The number of nitrogens with one attached hydrogen (secondary N) is 1. The normalized spacial score (nSPS) is 17.4. The van der Waals surface area contributed by atoms with E-state index in [0.29, 0.717) is 12.2 Å². The summed E-state index contributed by atoms with van der Waals surface area (Å²) in [4.78, 5) is 14.9. The van der Waals surface area contributed by atoms with Gasteiger partial charge in [-0.15, -0.1) is 0 Å². The highest BCUT2D eigenvalue weighted by Gasteiger charge is 2.33. The predicted molar refractivity (Wildman–Crippen MR) is 96.6 cm³/mol. The Bertz CT molecular complexity index is 920. The molecular weight excluding hydrogens is 330 g/mol. The molecule has 7 nitrogen and oxygen atoms in total. The zero-order valence-corrected chi connectivity index (χ0v) is 15.3. The van der Waals surface area contributed by atoms with Crippen LogP contribution in [0.15, 0.2) is 35.0 Å². The molecule has 1 atom stereocenters. The number of hydrogen-bond donors (Lipinski definition) is 1. The Morgan fingerprint density at radius 2 is 2.23 bits per heavy atom. The van der Waals surface area contributed by atoms with Crippen LogP contribution in [0.1, 0.15) is 60.6 Å². The number of H-pyrrole nitrogens is 1. The number of aromatic nitrogens is 4. The highest BCUT2D eigenvalue weighted by atomic mass is 16.5. The molecule has 1 aliphatic heterocycles. The molecule has 26 heavy (non-hydrogen) atoms. The molecule has 0 spiro atoms. The van der Waals surface area contributed by atoms with Gasteiger partial charge in [0.1, 0.15) is 22.8 Å². The van der Waals surface area contributed by atoms with Crippen molar-refractivity contribution in [2.75, 3.05) is 6.54 Å². The third-order valence-corrected chi connectivity index (χ3v) is 4.99. The average molecular weight is 353 g/mol. The molecule has 0 aliphatic carbocycles. The quantitative estimate of drug-likeness (QED) is 0.778. The van der Waals surface area contributed by atoms with Crippen LogP contribution in [0.5, 0.6) is 0 Å². The van der Waals surface area contributed by atoms with Gasteiger partial charge >= 0.3 is 0 Å². The van der Waals surface area contributed by atoms with Crippen molar-refractivity contribution < 1.29 is 9.32 Å². The van der Waals surface area contributed by atoms with Crippen LogP contribution in [-0.4, -0.2) is 37.3 Å². The number of amides is 1. The zero-order valence-electron chi connectivity index (χ0n) is 15.3. The summed E-state index contributed by atoms with van der Waals surface area (Å²) in [7, 11) is 1.96. The summed E-state index contributed by atoms with van der Waals surface area (Å²) in [5.41, 5.74) is 3.07. The average Bonchev–Trinajstić information content (AvgIpc) is 3.38. The van der Waals surface area contributed by atoms with Crippen LogP contribution in [0.25, 0.3) is 11.4 Å². The number of nitrogens with zero attached hydrogens (tertiary/aromatic N) is 4. The topological polar surface area (TPSA) is 80.0 Å². The minimum atomic E-state index is -0.0467. The summed E-state index contributed by atoms with van der Waals surface area (Å²) in [6.07, 6.45) is 3.81. The first-order valence-corrected chi connectivity index (χ1v) is 8.99. The van der Waals surface area contributed by atoms with E-state index in [1.165, 1.54) is 0 Å². The van der Waals surface area contributed by atoms with Crippen molar-refractivity contribution in [2.24, 2.45) is 7.05 Å². The van der Waals surface area contributed by atoms with Gasteiger partial charge in [-0.2, -0.15) is 5.10 Å². The molecule has 4 rings (SSSR count). The van der Waals surface area contributed by atoms with E-state index >= 15 is 0 Å². The van der Waals surface area contributed by atoms with Crippen LogP contribution in [-0.2, 0) is 7.05 Å². The Hall–Kier alpha value is -2.83. The lowest BCUT2D eigenvalue weighted by atomic mass is 10.1. The van der Waals surface area contributed by atoms with Crippen molar-refractivity contribution in [3.05, 3.63) is 47.6 Å². The molecule has 1 saturated heterocycles. The monoisotopic (exact) mass is 353 g/mol. The van der Waals surface area contributed by atoms with Crippen molar-refractivity contribution in [1.29, 1.82) is 0 Å². The maximum atomic E-state index is 13.0. The van der Waals surface area contributed by atoms with Gasteiger partial charge in [0.05, 0.1) is 11.7 Å². The fourth-order valence-corrected chi connectivity index (χ4v) is 3.49. The van der Waals surface area contributed by atoms with Crippen molar-refractivity contribution in [3.63, 3.8) is 0 Å². The first-order valence-electron chi connectivity index (χ1n) is 8.99. The van der Waals surface area contributed by atoms with Crippen LogP contribution < -0.4 is 0 Å². The van der Waals surface area contributed by atoms with E-state index in [2.05, 4.69) is 29.2 Å². The number of likely N-dealkylation sites (tertiary alicyclic amines) is 1. The Balaban J connectivity index is 1.57. The largest absolute Gasteiger partial charge is 0.361 e. The molecule has 0 aromatic carbocycles. The Morgan fingerprint density at radius 3 is 2.92 bits per heavy atom. The molecular formula is C19H23N5O2. The van der Waals surface area contributed by atoms with Crippen molar-refractivity contribution in [1.82, 2.24) is 24.8 Å². The summed E-state index contributed by atoms with van der Waals surface area (Å²) in [6, 6.07) is 7.68. The lowest BCUT2D eigenvalue weighted by Crippen LogP contribution is -2.31. The summed E-state index contributed by atoms with van der Waals surface area (Å²) in [5.74, 6) is 1.09. The molecule has 1 unspecified atom stereocenters. The van der Waals surface area contributed by atoms with Gasteiger partial charge in [-0.3, -0.25) is 9.89 Å². The Morgan fingerprint density at radius 1 is 1.38 bits per heavy atom. The molecule has 3 aromatic rings. The molecule has 7 heteroatoms. The summed E-state index contributed by atoms with van der Waals surface area (Å²) < 4.78 is 7.41. The van der Waals surface area contributed by atoms with Crippen LogP contribution in [0.4, 0.5) is 0 Å². The summed E-state index contributed by atoms with van der Waals surface area (Å²) >= 11 is 0. The van der Waals surface area contributed by atoms with E-state index in [1.807, 2.05) is 47.0 Å². The van der Waals surface area contributed by atoms with Gasteiger partial charge < -0.3 is 14.0 Å². The zero-order chi connectivity index (χ0) is 18.3. The van der Waals surface area contributed by atoms with Gasteiger partial charge in [-0.05, 0) is 31.0 Å². The van der Waals surface area contributed by atoms with Gasteiger partial charge in [0.15, 0.2) is 0 Å². The first-order chi connectivity index (χ1) is 12.5. The number of rotatable bonds is 4. The van der Waals surface area contributed by atoms with Crippen LogP contribution >= 0.6 is 0 Å². The molecule has 0 bridgehead atoms. The summed E-state index contributed by atoms with van der Waals surface area (Å²) in [6.45, 7) is 4.85. The SMILES string of the molecule is CC(C)c1cc(C2CCCN2C(=O)c2cc(-c3cccn3C)n[nH]2)no1. The number of aromatic amines is 1. The fraction of sp³-hybridized carbons (Fsp3) is 0.421. The minimum absolute atomic E-state index is 0.0412. The molecule has 136 valence electrons. The lowest BCUT2D eigenvalue weighted by molar-refractivity contribution is 0.0724. The Labute approximate surface area is 152 Å². The van der Waals surface area contributed by atoms with Crippen LogP contribution in [0.2, 0.25) is 0 Å². The Kier molecular flexibility index (Phi) is 4.14. The standard InChI is InChI=1S/C19H23N5O2/c1-12(2)18-11-14(22-26-18)17-7-5-9-24(17)19(25)15-10-13(20-21-15)16-6-4-8-23(16)3/h4,6,8,10-12,17H,5,7,9H2,1-3H3,(H,20,21). The van der Waals surface area contributed by atoms with Crippen LogP contribution in [0, 0.1) is 0 Å². The molecule has 0 saturated carbocycles. The second kappa shape index (κ2) is 6.48. The summed E-state index contributed by atoms with van der Waals surface area (Å²) in [5, 5.41) is 11.4. The van der Waals surface area contributed by atoms with E-state index < -0.39 is 0 Å². The van der Waals surface area contributed by atoms with Gasteiger partial charge in [-0.1, -0.05) is 19.0 Å². The highest BCUT2D eigenvalue weighted by molar-refractivity contribution is 5.93. The number of hydrogen-bond acceptors (Lipinski definition) is 4. The third kappa shape index (κ3) is 2.83. The van der Waals surface area contributed by atoms with Crippen molar-refractivity contribution in [3.8, 4) is 11.4 Å². The van der Waals surface area contributed by atoms with Crippen molar-refractivity contribution >= 4 is 5.91 Å². The molecule has 0 radical (unpaired) electrons. The maximum absolute atomic E-state index is 13.0. The van der Waals surface area contributed by atoms with E-state index in [1.54, 1.807) is 0 Å². The van der Waals surface area contributed by atoms with Crippen LogP contribution in [0.3, 0.4) is 0 Å². The van der Waals surface area contributed by atoms with Gasteiger partial charge in [0.2, 0.25) is 0 Å². The molecule has 4 heterocycles. The second-order valence-electron chi connectivity index (χ2n) is 7.14. The molecule has 1 fully saturated rings. The molecule has 1 aliphatic rings. The first kappa shape index (κ1) is 16.6. The second-order valence-corrected chi connectivity index (χ2v) is 7.14. The number of aryl methyl sites for hydroxylation is 1. The van der Waals surface area contributed by atoms with E-state index in [-0.39, 0.29) is 17.9 Å². The maximum Gasteiger partial charge on any atom is 0.272 e. The van der Waals surface area contributed by atoms with E-state index in [0.717, 1.165) is 35.7 Å². The number of carbonyl (C=O) groups excluding carboxylic acids is 1. The number of carbonyl (C=O) groups is 1. The fourth-order valence-electron chi connectivity index (χ4n) is 3.49. The third-order valence-electron chi connectivity index (χ3n) is 4.99. The smallest absolute Gasteiger partial charge is 0.272 e. The molecule has 1 N–H and O–H groups in total. The predicted octanol–water partition coefficient (Wildman–Crippen LogP) is 3.50.